The molecule has 0 radical (unpaired) electrons. The van der Waals surface area contributed by atoms with Gasteiger partial charge in [-0.1, -0.05) is 13.0 Å². The van der Waals surface area contributed by atoms with Crippen molar-refractivity contribution < 1.29 is 4.42 Å². The van der Waals surface area contributed by atoms with Crippen LogP contribution in [0.25, 0.3) is 5.57 Å². The summed E-state index contributed by atoms with van der Waals surface area (Å²) in [7, 11) is 0. The van der Waals surface area contributed by atoms with Crippen molar-refractivity contribution in [1.29, 1.82) is 0 Å². The van der Waals surface area contributed by atoms with Gasteiger partial charge < -0.3 is 10.2 Å². The van der Waals surface area contributed by atoms with E-state index < -0.39 is 5.76 Å². The highest BCUT2D eigenvalue weighted by atomic mass is 16.4. The Morgan fingerprint density at radius 2 is 2.50 bits per heavy atom. The van der Waals surface area contributed by atoms with E-state index in [0.717, 1.165) is 17.7 Å². The number of rotatable bonds is 1. The predicted octanol–water partition coefficient (Wildman–Crippen LogP) is 0.629. The molecule has 14 heavy (non-hydrogen) atoms. The highest BCUT2D eigenvalue weighted by Gasteiger charge is 2.14. The van der Waals surface area contributed by atoms with Gasteiger partial charge >= 0.3 is 5.76 Å². The van der Waals surface area contributed by atoms with Gasteiger partial charge in [0.15, 0.2) is 0 Å². The average molecular weight is 193 g/mol. The Morgan fingerprint density at radius 3 is 3.07 bits per heavy atom. The lowest BCUT2D eigenvalue weighted by atomic mass is 9.95. The standard InChI is InChI=1S/C9H11N3O2/c1-5-2-3-6(4-7(5)10)8-11-12-9(13)14-8/h3-5H,2,10H2,1H3,(H,12,13). The lowest BCUT2D eigenvalue weighted by molar-refractivity contribution is 0.500. The van der Waals surface area contributed by atoms with E-state index in [-0.39, 0.29) is 0 Å². The molecule has 1 aliphatic carbocycles. The van der Waals surface area contributed by atoms with Gasteiger partial charge in [0, 0.05) is 11.3 Å². The van der Waals surface area contributed by atoms with Gasteiger partial charge in [-0.2, -0.15) is 0 Å². The molecule has 5 heteroatoms. The number of nitrogens with one attached hydrogen (secondary N) is 1. The van der Waals surface area contributed by atoms with E-state index in [4.69, 9.17) is 10.2 Å². The van der Waals surface area contributed by atoms with Crippen LogP contribution in [0.3, 0.4) is 0 Å². The zero-order valence-corrected chi connectivity index (χ0v) is 7.78. The van der Waals surface area contributed by atoms with E-state index in [9.17, 15) is 4.79 Å². The fraction of sp³-hybridized carbons (Fsp3) is 0.333. The highest BCUT2D eigenvalue weighted by Crippen LogP contribution is 2.24. The molecular weight excluding hydrogens is 182 g/mol. The Labute approximate surface area is 80.3 Å². The van der Waals surface area contributed by atoms with E-state index in [1.54, 1.807) is 6.08 Å². The zero-order valence-electron chi connectivity index (χ0n) is 7.78. The number of aromatic nitrogens is 2. The summed E-state index contributed by atoms with van der Waals surface area (Å²) in [6, 6.07) is 0. The molecule has 1 aliphatic rings. The third-order valence-electron chi connectivity index (χ3n) is 2.27. The first-order valence-electron chi connectivity index (χ1n) is 4.40. The van der Waals surface area contributed by atoms with Crippen LogP contribution in [0.2, 0.25) is 0 Å². The van der Waals surface area contributed by atoms with Crippen LogP contribution in [0.1, 0.15) is 19.2 Å². The van der Waals surface area contributed by atoms with Crippen LogP contribution in [0, 0.1) is 5.92 Å². The summed E-state index contributed by atoms with van der Waals surface area (Å²) in [5, 5.41) is 5.94. The van der Waals surface area contributed by atoms with E-state index in [1.165, 1.54) is 0 Å². The van der Waals surface area contributed by atoms with Gasteiger partial charge in [-0.3, -0.25) is 0 Å². The van der Waals surface area contributed by atoms with E-state index >= 15 is 0 Å². The topological polar surface area (TPSA) is 84.9 Å². The number of nitrogens with zero attached hydrogens (tertiary/aromatic N) is 1. The molecular formula is C9H11N3O2. The van der Waals surface area contributed by atoms with E-state index in [2.05, 4.69) is 10.2 Å². The molecule has 0 saturated heterocycles. The third-order valence-corrected chi connectivity index (χ3v) is 2.27. The van der Waals surface area contributed by atoms with Crippen molar-refractivity contribution in [3.63, 3.8) is 0 Å². The van der Waals surface area contributed by atoms with Crippen molar-refractivity contribution in [2.24, 2.45) is 11.7 Å². The Kier molecular flexibility index (Phi) is 1.99. The first kappa shape index (κ1) is 8.80. The van der Waals surface area contributed by atoms with E-state index in [0.29, 0.717) is 11.8 Å². The summed E-state index contributed by atoms with van der Waals surface area (Å²) in [5.74, 6) is 0.0840. The van der Waals surface area contributed by atoms with Gasteiger partial charge in [-0.15, -0.1) is 5.10 Å². The molecule has 0 bridgehead atoms. The summed E-state index contributed by atoms with van der Waals surface area (Å²) >= 11 is 0. The Morgan fingerprint density at radius 1 is 1.71 bits per heavy atom. The molecule has 1 heterocycles. The number of hydrogen-bond acceptors (Lipinski definition) is 4. The van der Waals surface area contributed by atoms with Gasteiger partial charge in [0.05, 0.1) is 0 Å². The largest absolute Gasteiger partial charge is 0.434 e. The highest BCUT2D eigenvalue weighted by molar-refractivity contribution is 5.70. The van der Waals surface area contributed by atoms with Crippen molar-refractivity contribution >= 4 is 5.57 Å². The smallest absolute Gasteiger partial charge is 0.402 e. The zero-order chi connectivity index (χ0) is 10.1. The number of aromatic amines is 1. The molecule has 1 unspecified atom stereocenters. The van der Waals surface area contributed by atoms with Crippen molar-refractivity contribution in [2.45, 2.75) is 13.3 Å². The van der Waals surface area contributed by atoms with Crippen molar-refractivity contribution in [3.05, 3.63) is 34.3 Å². The number of hydrogen-bond donors (Lipinski definition) is 2. The van der Waals surface area contributed by atoms with Gasteiger partial charge in [0.2, 0.25) is 5.89 Å². The van der Waals surface area contributed by atoms with Crippen LogP contribution in [-0.2, 0) is 0 Å². The van der Waals surface area contributed by atoms with Crippen LogP contribution < -0.4 is 11.5 Å². The minimum Gasteiger partial charge on any atom is -0.402 e. The first-order valence-corrected chi connectivity index (χ1v) is 4.40. The van der Waals surface area contributed by atoms with Gasteiger partial charge in [0.25, 0.3) is 0 Å². The Hall–Kier alpha value is -1.78. The second-order valence-corrected chi connectivity index (χ2v) is 3.36. The minimum absolute atomic E-state index is 0.296. The second kappa shape index (κ2) is 3.17. The molecule has 74 valence electrons. The van der Waals surface area contributed by atoms with Crippen LogP contribution in [-0.4, -0.2) is 10.2 Å². The van der Waals surface area contributed by atoms with Gasteiger partial charge in [-0.05, 0) is 18.4 Å². The molecule has 1 aromatic rings. The molecule has 0 fully saturated rings. The lowest BCUT2D eigenvalue weighted by Crippen LogP contribution is -2.11. The Balaban J connectivity index is 2.34. The van der Waals surface area contributed by atoms with Crippen molar-refractivity contribution in [1.82, 2.24) is 10.2 Å². The first-order chi connectivity index (χ1) is 6.66. The Bertz CT molecular complexity index is 453. The van der Waals surface area contributed by atoms with Gasteiger partial charge in [0.1, 0.15) is 0 Å². The number of nitrogens with two attached hydrogens (primary N) is 1. The molecule has 5 nitrogen and oxygen atoms in total. The predicted molar refractivity (Wildman–Crippen MR) is 51.2 cm³/mol. The lowest BCUT2D eigenvalue weighted by Gasteiger charge is -2.14. The number of allylic oxidation sites excluding steroid dienone is 4. The maximum absolute atomic E-state index is 10.7. The molecule has 0 amide bonds. The van der Waals surface area contributed by atoms with Crippen LogP contribution in [0.5, 0.6) is 0 Å². The van der Waals surface area contributed by atoms with E-state index in [1.807, 2.05) is 13.0 Å². The van der Waals surface area contributed by atoms with Crippen molar-refractivity contribution in [3.8, 4) is 0 Å². The summed E-state index contributed by atoms with van der Waals surface area (Å²) < 4.78 is 4.82. The molecule has 0 aliphatic heterocycles. The quantitative estimate of drug-likeness (QED) is 0.685. The van der Waals surface area contributed by atoms with Crippen LogP contribution in [0.4, 0.5) is 0 Å². The van der Waals surface area contributed by atoms with Crippen LogP contribution in [0.15, 0.2) is 27.1 Å². The van der Waals surface area contributed by atoms with Gasteiger partial charge in [-0.25, -0.2) is 9.89 Å². The van der Waals surface area contributed by atoms with Crippen LogP contribution >= 0.6 is 0 Å². The molecule has 0 spiro atoms. The second-order valence-electron chi connectivity index (χ2n) is 3.36. The third kappa shape index (κ3) is 1.48. The molecule has 0 saturated carbocycles. The maximum atomic E-state index is 10.7. The fourth-order valence-electron chi connectivity index (χ4n) is 1.32. The molecule has 2 rings (SSSR count). The average Bonchev–Trinajstić information content (AvgIpc) is 2.57. The molecule has 3 N–H and O–H groups in total. The van der Waals surface area contributed by atoms with Crippen molar-refractivity contribution in [2.75, 3.05) is 0 Å². The molecule has 1 aromatic heterocycles. The summed E-state index contributed by atoms with van der Waals surface area (Å²) in [6.45, 7) is 2.04. The monoisotopic (exact) mass is 193 g/mol. The molecule has 1 atom stereocenters. The summed E-state index contributed by atoms with van der Waals surface area (Å²) in [5.41, 5.74) is 7.32. The summed E-state index contributed by atoms with van der Waals surface area (Å²) in [6.07, 6.45) is 4.58. The minimum atomic E-state index is -0.550. The summed E-state index contributed by atoms with van der Waals surface area (Å²) in [4.78, 5) is 10.7. The maximum Gasteiger partial charge on any atom is 0.434 e. The SMILES string of the molecule is CC1CC=C(c2n[nH]c(=O)o2)C=C1N. The number of H-pyrrole nitrogens is 1. The molecule has 0 aromatic carbocycles. The fourth-order valence-corrected chi connectivity index (χ4v) is 1.32. The normalized spacial score (nSPS) is 21.6.